The van der Waals surface area contributed by atoms with Crippen LogP contribution in [0, 0.1) is 11.3 Å². The molecular weight excluding hydrogens is 268 g/mol. The number of fused-ring (bicyclic) bond motifs is 1. The Morgan fingerprint density at radius 3 is 2.71 bits per heavy atom. The summed E-state index contributed by atoms with van der Waals surface area (Å²) in [6.45, 7) is 0.346. The number of carbonyl (C=O) groups excluding carboxylic acids is 1. The molecule has 104 valence electrons. The zero-order valence-electron chi connectivity index (χ0n) is 11.1. The lowest BCUT2D eigenvalue weighted by Crippen LogP contribution is -2.38. The molecule has 1 aliphatic rings. The molecule has 1 heterocycles. The number of nitrogens with zero attached hydrogens (tertiary/aromatic N) is 2. The van der Waals surface area contributed by atoms with Gasteiger partial charge in [-0.3, -0.25) is 4.79 Å². The monoisotopic (exact) mass is 280 g/mol. The molecule has 0 fully saturated rings. The Balaban J connectivity index is 1.91. The highest BCUT2D eigenvalue weighted by atomic mass is 16.5. The standard InChI is InChI=1S/C16H12N2O3/c17-8-11-1-3-12(4-2-11)9-18-14-6-5-13(19)7-15(14)21-10-16(18)20/h1-7,19H,9-10H2. The number of aromatic hydroxyl groups is 1. The number of anilines is 1. The summed E-state index contributed by atoms with van der Waals surface area (Å²) in [5.74, 6) is 0.446. The second-order valence-electron chi connectivity index (χ2n) is 4.73. The summed E-state index contributed by atoms with van der Waals surface area (Å²) >= 11 is 0. The molecule has 0 atom stereocenters. The third kappa shape index (κ3) is 2.51. The molecule has 2 aromatic carbocycles. The summed E-state index contributed by atoms with van der Waals surface area (Å²) in [6.07, 6.45) is 0. The zero-order valence-corrected chi connectivity index (χ0v) is 11.1. The average molecular weight is 280 g/mol. The molecule has 3 rings (SSSR count). The first kappa shape index (κ1) is 13.0. The number of phenolic OH excluding ortho intramolecular Hbond substituents is 1. The van der Waals surface area contributed by atoms with E-state index in [1.807, 2.05) is 12.1 Å². The fraction of sp³-hybridized carbons (Fsp3) is 0.125. The lowest BCUT2D eigenvalue weighted by molar-refractivity contribution is -0.121. The lowest BCUT2D eigenvalue weighted by atomic mass is 10.1. The summed E-state index contributed by atoms with van der Waals surface area (Å²) in [5, 5.41) is 18.3. The van der Waals surface area contributed by atoms with Crippen molar-refractivity contribution in [1.82, 2.24) is 0 Å². The van der Waals surface area contributed by atoms with Gasteiger partial charge in [-0.15, -0.1) is 0 Å². The molecule has 0 aliphatic carbocycles. The molecule has 0 saturated carbocycles. The van der Waals surface area contributed by atoms with Crippen molar-refractivity contribution in [2.45, 2.75) is 6.54 Å². The van der Waals surface area contributed by atoms with Crippen molar-refractivity contribution in [1.29, 1.82) is 5.26 Å². The van der Waals surface area contributed by atoms with Gasteiger partial charge in [0.15, 0.2) is 6.61 Å². The molecule has 0 aromatic heterocycles. The van der Waals surface area contributed by atoms with Gasteiger partial charge in [-0.2, -0.15) is 5.26 Å². The van der Waals surface area contributed by atoms with Crippen LogP contribution in [0.3, 0.4) is 0 Å². The van der Waals surface area contributed by atoms with Crippen LogP contribution >= 0.6 is 0 Å². The number of benzene rings is 2. The highest BCUT2D eigenvalue weighted by molar-refractivity contribution is 5.97. The number of nitriles is 1. The molecule has 2 aromatic rings. The Morgan fingerprint density at radius 2 is 2.00 bits per heavy atom. The fourth-order valence-electron chi connectivity index (χ4n) is 2.23. The Morgan fingerprint density at radius 1 is 1.24 bits per heavy atom. The van der Waals surface area contributed by atoms with Crippen LogP contribution in [-0.2, 0) is 11.3 Å². The predicted octanol–water partition coefficient (Wildman–Crippen LogP) is 2.19. The first-order valence-corrected chi connectivity index (χ1v) is 6.42. The minimum atomic E-state index is -0.141. The summed E-state index contributed by atoms with van der Waals surface area (Å²) in [7, 11) is 0. The second-order valence-corrected chi connectivity index (χ2v) is 4.73. The number of amides is 1. The van der Waals surface area contributed by atoms with E-state index >= 15 is 0 Å². The Kier molecular flexibility index (Phi) is 3.20. The van der Waals surface area contributed by atoms with Gasteiger partial charge in [-0.05, 0) is 29.8 Å². The number of hydrogen-bond acceptors (Lipinski definition) is 4. The highest BCUT2D eigenvalue weighted by Gasteiger charge is 2.25. The van der Waals surface area contributed by atoms with E-state index in [0.717, 1.165) is 5.56 Å². The first-order valence-electron chi connectivity index (χ1n) is 6.42. The van der Waals surface area contributed by atoms with Gasteiger partial charge in [-0.1, -0.05) is 12.1 Å². The first-order chi connectivity index (χ1) is 10.2. The number of rotatable bonds is 2. The van der Waals surface area contributed by atoms with Crippen molar-refractivity contribution >= 4 is 11.6 Å². The van der Waals surface area contributed by atoms with E-state index in [0.29, 0.717) is 23.5 Å². The van der Waals surface area contributed by atoms with Crippen molar-refractivity contribution in [3.8, 4) is 17.6 Å². The van der Waals surface area contributed by atoms with Crippen molar-refractivity contribution in [3.63, 3.8) is 0 Å². The molecule has 0 bridgehead atoms. The molecule has 1 N–H and O–H groups in total. The van der Waals surface area contributed by atoms with Gasteiger partial charge in [0.2, 0.25) is 0 Å². The fourth-order valence-corrected chi connectivity index (χ4v) is 2.23. The molecule has 0 unspecified atom stereocenters. The quantitative estimate of drug-likeness (QED) is 0.915. The number of ether oxygens (including phenoxy) is 1. The molecular formula is C16H12N2O3. The molecule has 1 amide bonds. The molecule has 0 radical (unpaired) electrons. The summed E-state index contributed by atoms with van der Waals surface area (Å²) in [4.78, 5) is 13.7. The molecule has 5 heteroatoms. The second kappa shape index (κ2) is 5.17. The number of carbonyl (C=O) groups is 1. The maximum absolute atomic E-state index is 12.1. The van der Waals surface area contributed by atoms with Crippen molar-refractivity contribution in [2.75, 3.05) is 11.5 Å². The van der Waals surface area contributed by atoms with E-state index < -0.39 is 0 Å². The van der Waals surface area contributed by atoms with Gasteiger partial charge < -0.3 is 14.7 Å². The van der Waals surface area contributed by atoms with Crippen LogP contribution in [0.2, 0.25) is 0 Å². The largest absolute Gasteiger partial charge is 0.508 e. The SMILES string of the molecule is N#Cc1ccc(CN2C(=O)COc3cc(O)ccc32)cc1. The smallest absolute Gasteiger partial charge is 0.265 e. The van der Waals surface area contributed by atoms with Gasteiger partial charge >= 0.3 is 0 Å². The molecule has 1 aliphatic heterocycles. The Hall–Kier alpha value is -3.00. The van der Waals surface area contributed by atoms with Crippen LogP contribution in [0.5, 0.6) is 11.5 Å². The average Bonchev–Trinajstić information content (AvgIpc) is 2.51. The van der Waals surface area contributed by atoms with Crippen LogP contribution in [0.4, 0.5) is 5.69 Å². The third-order valence-corrected chi connectivity index (χ3v) is 3.31. The van der Waals surface area contributed by atoms with Crippen LogP contribution in [0.25, 0.3) is 0 Å². The zero-order chi connectivity index (χ0) is 14.8. The van der Waals surface area contributed by atoms with E-state index in [-0.39, 0.29) is 18.3 Å². The Bertz CT molecular complexity index is 732. The maximum Gasteiger partial charge on any atom is 0.265 e. The summed E-state index contributed by atoms with van der Waals surface area (Å²) in [6, 6.07) is 13.8. The van der Waals surface area contributed by atoms with Crippen LogP contribution in [0.15, 0.2) is 42.5 Å². The molecule has 0 saturated heterocycles. The maximum atomic E-state index is 12.1. The molecule has 0 spiro atoms. The molecule has 5 nitrogen and oxygen atoms in total. The van der Waals surface area contributed by atoms with Crippen LogP contribution in [-0.4, -0.2) is 17.6 Å². The number of phenols is 1. The van der Waals surface area contributed by atoms with E-state index in [1.165, 1.54) is 12.1 Å². The van der Waals surface area contributed by atoms with Gasteiger partial charge in [0.25, 0.3) is 5.91 Å². The van der Waals surface area contributed by atoms with E-state index in [1.54, 1.807) is 23.1 Å². The van der Waals surface area contributed by atoms with E-state index in [9.17, 15) is 9.90 Å². The minimum absolute atomic E-state index is 0.0489. The van der Waals surface area contributed by atoms with Crippen molar-refractivity contribution in [2.24, 2.45) is 0 Å². The summed E-state index contributed by atoms with van der Waals surface area (Å²) in [5.41, 5.74) is 2.13. The van der Waals surface area contributed by atoms with Crippen LogP contribution < -0.4 is 9.64 Å². The van der Waals surface area contributed by atoms with Gasteiger partial charge in [0, 0.05) is 6.07 Å². The van der Waals surface area contributed by atoms with E-state index in [2.05, 4.69) is 6.07 Å². The topological polar surface area (TPSA) is 73.6 Å². The number of hydrogen-bond donors (Lipinski definition) is 1. The van der Waals surface area contributed by atoms with Crippen LogP contribution in [0.1, 0.15) is 11.1 Å². The molecule has 21 heavy (non-hydrogen) atoms. The summed E-state index contributed by atoms with van der Waals surface area (Å²) < 4.78 is 5.33. The Labute approximate surface area is 121 Å². The van der Waals surface area contributed by atoms with Crippen molar-refractivity contribution < 1.29 is 14.6 Å². The normalized spacial score (nSPS) is 13.3. The highest BCUT2D eigenvalue weighted by Crippen LogP contribution is 2.35. The van der Waals surface area contributed by atoms with E-state index in [4.69, 9.17) is 10.00 Å². The third-order valence-electron chi connectivity index (χ3n) is 3.31. The predicted molar refractivity (Wildman–Crippen MR) is 75.9 cm³/mol. The van der Waals surface area contributed by atoms with Gasteiger partial charge in [0.1, 0.15) is 11.5 Å². The lowest BCUT2D eigenvalue weighted by Gasteiger charge is -2.29. The minimum Gasteiger partial charge on any atom is -0.508 e. The van der Waals surface area contributed by atoms with Crippen molar-refractivity contribution in [3.05, 3.63) is 53.6 Å². The van der Waals surface area contributed by atoms with Gasteiger partial charge in [-0.25, -0.2) is 0 Å². The van der Waals surface area contributed by atoms with Gasteiger partial charge in [0.05, 0.1) is 23.9 Å².